The van der Waals surface area contributed by atoms with Crippen LogP contribution in [0.5, 0.6) is 0 Å². The maximum Gasteiger partial charge on any atom is 0.0528 e. The molecule has 3 heteroatoms. The Morgan fingerprint density at radius 1 is 1.46 bits per heavy atom. The quantitative estimate of drug-likeness (QED) is 0.867. The van der Waals surface area contributed by atoms with Gasteiger partial charge in [0.05, 0.1) is 6.61 Å². The smallest absolute Gasteiger partial charge is 0.0528 e. The Labute approximate surface area is 90.9 Å². The molecule has 1 fully saturated rings. The summed E-state index contributed by atoms with van der Waals surface area (Å²) in [6, 6.07) is 5.85. The van der Waals surface area contributed by atoms with Crippen LogP contribution < -0.4 is 0 Å². The first kappa shape index (κ1) is 9.50. The zero-order valence-electron chi connectivity index (χ0n) is 7.06. The minimum atomic E-state index is -0.0300. The average Bonchev–Trinajstić information content (AvgIpc) is 2.85. The third-order valence-corrected chi connectivity index (χ3v) is 3.46. The van der Waals surface area contributed by atoms with Gasteiger partial charge in [-0.2, -0.15) is 0 Å². The van der Waals surface area contributed by atoms with Crippen LogP contribution in [0.3, 0.4) is 0 Å². The molecule has 70 valence electrons. The van der Waals surface area contributed by atoms with Crippen LogP contribution in [0.4, 0.5) is 0 Å². The molecule has 0 aliphatic heterocycles. The molecule has 0 heterocycles. The van der Waals surface area contributed by atoms with Crippen molar-refractivity contribution in [3.63, 3.8) is 0 Å². The molecule has 0 atom stereocenters. The Kier molecular flexibility index (Phi) is 2.39. The molecule has 1 aromatic carbocycles. The highest BCUT2D eigenvalue weighted by molar-refractivity contribution is 9.10. The zero-order valence-corrected chi connectivity index (χ0v) is 9.40. The van der Waals surface area contributed by atoms with Crippen molar-refractivity contribution in [2.45, 2.75) is 18.3 Å². The van der Waals surface area contributed by atoms with E-state index in [-0.39, 0.29) is 12.0 Å². The van der Waals surface area contributed by atoms with Gasteiger partial charge in [-0.3, -0.25) is 0 Å². The minimum Gasteiger partial charge on any atom is -0.395 e. The van der Waals surface area contributed by atoms with Crippen LogP contribution in [0.1, 0.15) is 18.4 Å². The lowest BCUT2D eigenvalue weighted by atomic mass is 9.97. The van der Waals surface area contributed by atoms with Gasteiger partial charge in [0.25, 0.3) is 0 Å². The van der Waals surface area contributed by atoms with Gasteiger partial charge in [-0.1, -0.05) is 33.6 Å². The van der Waals surface area contributed by atoms with Crippen molar-refractivity contribution in [2.75, 3.05) is 6.61 Å². The first-order chi connectivity index (χ1) is 6.18. The van der Waals surface area contributed by atoms with Gasteiger partial charge in [-0.05, 0) is 30.5 Å². The van der Waals surface area contributed by atoms with Crippen molar-refractivity contribution in [1.29, 1.82) is 0 Å². The summed E-state index contributed by atoms with van der Waals surface area (Å²) >= 11 is 9.45. The summed E-state index contributed by atoms with van der Waals surface area (Å²) < 4.78 is 0.981. The van der Waals surface area contributed by atoms with E-state index in [1.165, 1.54) is 0 Å². The predicted octanol–water partition coefficient (Wildman–Crippen LogP) is 3.13. The maximum absolute atomic E-state index is 9.23. The van der Waals surface area contributed by atoms with Crippen molar-refractivity contribution < 1.29 is 5.11 Å². The number of benzene rings is 1. The molecule has 0 amide bonds. The van der Waals surface area contributed by atoms with Crippen molar-refractivity contribution in [3.05, 3.63) is 33.3 Å². The number of aliphatic hydroxyl groups excluding tert-OH is 1. The van der Waals surface area contributed by atoms with Crippen molar-refractivity contribution in [1.82, 2.24) is 0 Å². The Morgan fingerprint density at radius 2 is 2.15 bits per heavy atom. The van der Waals surface area contributed by atoms with Gasteiger partial charge in [-0.25, -0.2) is 0 Å². The second-order valence-corrected chi connectivity index (χ2v) is 4.89. The van der Waals surface area contributed by atoms with Crippen molar-refractivity contribution in [3.8, 4) is 0 Å². The number of hydrogen-bond donors (Lipinski definition) is 1. The van der Waals surface area contributed by atoms with Gasteiger partial charge in [0.1, 0.15) is 0 Å². The highest BCUT2D eigenvalue weighted by Gasteiger charge is 2.44. The van der Waals surface area contributed by atoms with E-state index in [0.29, 0.717) is 0 Å². The fourth-order valence-electron chi connectivity index (χ4n) is 1.58. The second kappa shape index (κ2) is 3.26. The average molecular weight is 262 g/mol. The van der Waals surface area contributed by atoms with Gasteiger partial charge < -0.3 is 5.11 Å². The lowest BCUT2D eigenvalue weighted by Crippen LogP contribution is -2.12. The highest BCUT2D eigenvalue weighted by Crippen LogP contribution is 2.50. The fraction of sp³-hybridized carbons (Fsp3) is 0.400. The molecule has 1 aliphatic carbocycles. The maximum atomic E-state index is 9.23. The SMILES string of the molecule is OCC1(c2ccc(Br)cc2Cl)CC1. The van der Waals surface area contributed by atoms with Crippen molar-refractivity contribution >= 4 is 27.5 Å². The summed E-state index contributed by atoms with van der Waals surface area (Å²) in [6.45, 7) is 0.203. The molecule has 2 rings (SSSR count). The second-order valence-electron chi connectivity index (χ2n) is 3.56. The highest BCUT2D eigenvalue weighted by atomic mass is 79.9. The monoisotopic (exact) mass is 260 g/mol. The first-order valence-electron chi connectivity index (χ1n) is 4.24. The molecule has 0 unspecified atom stereocenters. The van der Waals surface area contributed by atoms with Gasteiger partial charge in [-0.15, -0.1) is 0 Å². The molecule has 0 radical (unpaired) electrons. The molecular formula is C10H10BrClO. The molecule has 0 bridgehead atoms. The summed E-state index contributed by atoms with van der Waals surface area (Å²) in [4.78, 5) is 0. The van der Waals surface area contributed by atoms with E-state index in [0.717, 1.165) is 27.9 Å². The predicted molar refractivity (Wildman–Crippen MR) is 57.1 cm³/mol. The Hall–Kier alpha value is -0.0500. The van der Waals surface area contributed by atoms with E-state index >= 15 is 0 Å². The number of rotatable bonds is 2. The van der Waals surface area contributed by atoms with Crippen LogP contribution in [0.25, 0.3) is 0 Å². The number of aliphatic hydroxyl groups is 1. The molecule has 1 nitrogen and oxygen atoms in total. The van der Waals surface area contributed by atoms with E-state index in [2.05, 4.69) is 15.9 Å². The topological polar surface area (TPSA) is 20.2 Å². The largest absolute Gasteiger partial charge is 0.395 e. The van der Waals surface area contributed by atoms with E-state index < -0.39 is 0 Å². The summed E-state index contributed by atoms with van der Waals surface area (Å²) in [6.07, 6.45) is 2.09. The summed E-state index contributed by atoms with van der Waals surface area (Å²) in [5, 5.41) is 9.98. The molecule has 13 heavy (non-hydrogen) atoms. The molecule has 1 N–H and O–H groups in total. The van der Waals surface area contributed by atoms with Crippen LogP contribution in [-0.4, -0.2) is 11.7 Å². The zero-order chi connectivity index (χ0) is 9.47. The van der Waals surface area contributed by atoms with Crippen LogP contribution in [0.15, 0.2) is 22.7 Å². The van der Waals surface area contributed by atoms with Crippen LogP contribution >= 0.6 is 27.5 Å². The van der Waals surface area contributed by atoms with Gasteiger partial charge in [0.15, 0.2) is 0 Å². The van der Waals surface area contributed by atoms with Gasteiger partial charge >= 0.3 is 0 Å². The fourth-order valence-corrected chi connectivity index (χ4v) is 2.46. The molecule has 0 saturated heterocycles. The summed E-state index contributed by atoms with van der Waals surface area (Å²) in [5.41, 5.74) is 1.05. The summed E-state index contributed by atoms with van der Waals surface area (Å²) in [5.74, 6) is 0. The van der Waals surface area contributed by atoms with Crippen LogP contribution in [0, 0.1) is 0 Å². The van der Waals surface area contributed by atoms with Gasteiger partial charge in [0, 0.05) is 14.9 Å². The third kappa shape index (κ3) is 1.63. The summed E-state index contributed by atoms with van der Waals surface area (Å²) in [7, 11) is 0. The first-order valence-corrected chi connectivity index (χ1v) is 5.41. The lowest BCUT2D eigenvalue weighted by Gasteiger charge is -2.13. The van der Waals surface area contributed by atoms with E-state index in [4.69, 9.17) is 11.6 Å². The number of hydrogen-bond acceptors (Lipinski definition) is 1. The number of halogens is 2. The van der Waals surface area contributed by atoms with E-state index in [9.17, 15) is 5.11 Å². The molecule has 1 aliphatic rings. The molecule has 1 saturated carbocycles. The van der Waals surface area contributed by atoms with Crippen molar-refractivity contribution in [2.24, 2.45) is 0 Å². The molecule has 1 aromatic rings. The molecular weight excluding hydrogens is 251 g/mol. The molecule has 0 aromatic heterocycles. The Morgan fingerprint density at radius 3 is 2.62 bits per heavy atom. The van der Waals surface area contributed by atoms with E-state index in [1.807, 2.05) is 18.2 Å². The normalized spacial score (nSPS) is 18.7. The lowest BCUT2D eigenvalue weighted by molar-refractivity contribution is 0.255. The Balaban J connectivity index is 2.41. The van der Waals surface area contributed by atoms with Crippen LogP contribution in [0.2, 0.25) is 5.02 Å². The standard InChI is InChI=1S/C10H10BrClO/c11-7-1-2-8(9(12)5-7)10(6-13)3-4-10/h1-2,5,13H,3-4,6H2. The van der Waals surface area contributed by atoms with E-state index in [1.54, 1.807) is 0 Å². The molecule has 0 spiro atoms. The minimum absolute atomic E-state index is 0.0300. The Bertz CT molecular complexity index is 334. The third-order valence-electron chi connectivity index (χ3n) is 2.66. The van der Waals surface area contributed by atoms with Gasteiger partial charge in [0.2, 0.25) is 0 Å². The van der Waals surface area contributed by atoms with Crippen LogP contribution in [-0.2, 0) is 5.41 Å².